The third-order valence-electron chi connectivity index (χ3n) is 6.53. The number of likely N-dealkylation sites (tertiary alicyclic amines) is 1. The van der Waals surface area contributed by atoms with Gasteiger partial charge in [-0.15, -0.1) is 0 Å². The van der Waals surface area contributed by atoms with Gasteiger partial charge in [0, 0.05) is 18.7 Å². The molecular weight excluding hydrogens is 485 g/mol. The fourth-order valence-corrected chi connectivity index (χ4v) is 4.54. The van der Waals surface area contributed by atoms with Gasteiger partial charge in [-0.3, -0.25) is 14.5 Å². The van der Waals surface area contributed by atoms with Crippen molar-refractivity contribution < 1.29 is 18.5 Å². The Labute approximate surface area is 219 Å². The molecule has 1 atom stereocenters. The Kier molecular flexibility index (Phi) is 7.84. The topological polar surface area (TPSA) is 100 Å². The van der Waals surface area contributed by atoms with Gasteiger partial charge in [0.25, 0.3) is 5.91 Å². The summed E-state index contributed by atoms with van der Waals surface area (Å²) in [6, 6.07) is 22.6. The Bertz CT molecular complexity index is 1390. The highest BCUT2D eigenvalue weighted by molar-refractivity contribution is 6.04. The third kappa shape index (κ3) is 6.30. The van der Waals surface area contributed by atoms with Crippen LogP contribution in [0.3, 0.4) is 0 Å². The van der Waals surface area contributed by atoms with E-state index in [9.17, 15) is 14.0 Å². The van der Waals surface area contributed by atoms with Crippen LogP contribution in [0.5, 0.6) is 0 Å². The van der Waals surface area contributed by atoms with E-state index in [0.29, 0.717) is 48.2 Å². The lowest BCUT2D eigenvalue weighted by atomic mass is 9.96. The summed E-state index contributed by atoms with van der Waals surface area (Å²) in [6.07, 6.45) is 1.59. The maximum Gasteiger partial charge on any atom is 0.253 e. The summed E-state index contributed by atoms with van der Waals surface area (Å²) >= 11 is 0. The number of carbonyl (C=O) groups excluding carboxylic acids is 2. The van der Waals surface area contributed by atoms with Crippen LogP contribution in [0.15, 0.2) is 83.4 Å². The van der Waals surface area contributed by atoms with Gasteiger partial charge in [0.15, 0.2) is 0 Å². The fourth-order valence-electron chi connectivity index (χ4n) is 4.54. The molecule has 1 aromatic heterocycles. The molecule has 2 N–H and O–H groups in total. The molecule has 1 aliphatic heterocycles. The SMILES string of the molecule is O=C(NCc1ccccc1)c1ccccc1NC(=O)C1CCCN(Cc2nc(-c3ccc(F)cc3)no2)C1. The highest BCUT2D eigenvalue weighted by atomic mass is 19.1. The van der Waals surface area contributed by atoms with E-state index >= 15 is 0 Å². The molecule has 0 bridgehead atoms. The van der Waals surface area contributed by atoms with Crippen molar-refractivity contribution in [3.05, 3.63) is 102 Å². The zero-order valence-electron chi connectivity index (χ0n) is 20.8. The van der Waals surface area contributed by atoms with Crippen LogP contribution in [0.4, 0.5) is 10.1 Å². The number of benzene rings is 3. The Morgan fingerprint density at radius 1 is 1.00 bits per heavy atom. The van der Waals surface area contributed by atoms with E-state index in [-0.39, 0.29) is 23.5 Å². The van der Waals surface area contributed by atoms with Crippen LogP contribution >= 0.6 is 0 Å². The second-order valence-electron chi connectivity index (χ2n) is 9.30. The van der Waals surface area contributed by atoms with Crippen LogP contribution in [0.1, 0.15) is 34.7 Å². The largest absolute Gasteiger partial charge is 0.348 e. The van der Waals surface area contributed by atoms with Gasteiger partial charge in [-0.05, 0) is 61.3 Å². The van der Waals surface area contributed by atoms with Gasteiger partial charge in [-0.1, -0.05) is 47.6 Å². The van der Waals surface area contributed by atoms with E-state index in [1.807, 2.05) is 30.3 Å². The number of nitrogens with zero attached hydrogens (tertiary/aromatic N) is 3. The van der Waals surface area contributed by atoms with Crippen molar-refractivity contribution in [1.29, 1.82) is 0 Å². The highest BCUT2D eigenvalue weighted by Crippen LogP contribution is 2.23. The molecule has 0 aliphatic carbocycles. The van der Waals surface area contributed by atoms with Crippen molar-refractivity contribution in [3.8, 4) is 11.4 Å². The standard InChI is InChI=1S/C29H28FN5O3/c30-23-14-12-21(13-15-23)27-33-26(38-34-27)19-35-16-6-9-22(18-35)28(36)32-25-11-5-4-10-24(25)29(37)31-17-20-7-2-1-3-8-20/h1-5,7-8,10-15,22H,6,9,16-19H2,(H,31,37)(H,32,36). The predicted molar refractivity (Wildman–Crippen MR) is 140 cm³/mol. The number of halogens is 1. The van der Waals surface area contributed by atoms with Gasteiger partial charge in [0.2, 0.25) is 17.6 Å². The maximum absolute atomic E-state index is 13.2. The first-order chi connectivity index (χ1) is 18.5. The number of hydrogen-bond donors (Lipinski definition) is 2. The summed E-state index contributed by atoms with van der Waals surface area (Å²) in [7, 11) is 0. The Morgan fingerprint density at radius 2 is 1.76 bits per heavy atom. The molecule has 5 rings (SSSR count). The molecule has 0 saturated carbocycles. The molecule has 1 fully saturated rings. The lowest BCUT2D eigenvalue weighted by molar-refractivity contribution is -0.121. The number of amides is 2. The van der Waals surface area contributed by atoms with Gasteiger partial charge in [0.05, 0.1) is 23.7 Å². The second-order valence-corrected chi connectivity index (χ2v) is 9.30. The van der Waals surface area contributed by atoms with E-state index in [2.05, 4.69) is 25.7 Å². The zero-order chi connectivity index (χ0) is 26.3. The highest BCUT2D eigenvalue weighted by Gasteiger charge is 2.28. The Balaban J connectivity index is 1.18. The number of anilines is 1. The summed E-state index contributed by atoms with van der Waals surface area (Å²) < 4.78 is 18.6. The molecule has 9 heteroatoms. The normalized spacial score (nSPS) is 15.7. The van der Waals surface area contributed by atoms with E-state index in [1.54, 1.807) is 36.4 Å². The molecule has 0 radical (unpaired) electrons. The molecule has 38 heavy (non-hydrogen) atoms. The lowest BCUT2D eigenvalue weighted by Gasteiger charge is -2.31. The summed E-state index contributed by atoms with van der Waals surface area (Å²) in [4.78, 5) is 32.6. The molecule has 2 heterocycles. The third-order valence-corrected chi connectivity index (χ3v) is 6.53. The number of piperidine rings is 1. The smallest absolute Gasteiger partial charge is 0.253 e. The molecule has 8 nitrogen and oxygen atoms in total. The van der Waals surface area contributed by atoms with Crippen molar-refractivity contribution in [2.75, 3.05) is 18.4 Å². The first-order valence-electron chi connectivity index (χ1n) is 12.6. The molecule has 4 aromatic rings. The van der Waals surface area contributed by atoms with Crippen molar-refractivity contribution in [2.45, 2.75) is 25.9 Å². The number of rotatable bonds is 8. The van der Waals surface area contributed by atoms with Crippen LogP contribution < -0.4 is 10.6 Å². The second kappa shape index (κ2) is 11.8. The quantitative estimate of drug-likeness (QED) is 0.356. The molecular formula is C29H28FN5O3. The van der Waals surface area contributed by atoms with Crippen molar-refractivity contribution >= 4 is 17.5 Å². The average Bonchev–Trinajstić information content (AvgIpc) is 3.41. The number of para-hydroxylation sites is 1. The van der Waals surface area contributed by atoms with E-state index in [1.165, 1.54) is 12.1 Å². The minimum absolute atomic E-state index is 0.129. The monoisotopic (exact) mass is 513 g/mol. The first kappa shape index (κ1) is 25.3. The average molecular weight is 514 g/mol. The fraction of sp³-hybridized carbons (Fsp3) is 0.241. The van der Waals surface area contributed by atoms with Crippen molar-refractivity contribution in [1.82, 2.24) is 20.4 Å². The van der Waals surface area contributed by atoms with Gasteiger partial charge >= 0.3 is 0 Å². The number of nitrogens with one attached hydrogen (secondary N) is 2. The van der Waals surface area contributed by atoms with Gasteiger partial charge < -0.3 is 15.2 Å². The number of hydrogen-bond acceptors (Lipinski definition) is 6. The molecule has 0 spiro atoms. The van der Waals surface area contributed by atoms with Crippen molar-refractivity contribution in [2.24, 2.45) is 5.92 Å². The first-order valence-corrected chi connectivity index (χ1v) is 12.6. The summed E-state index contributed by atoms with van der Waals surface area (Å²) in [6.45, 7) is 2.15. The molecule has 3 aromatic carbocycles. The number of carbonyl (C=O) groups is 2. The van der Waals surface area contributed by atoms with Crippen LogP contribution in [-0.4, -0.2) is 39.9 Å². The summed E-state index contributed by atoms with van der Waals surface area (Å²) in [5, 5.41) is 9.88. The van der Waals surface area contributed by atoms with Crippen LogP contribution in [0, 0.1) is 11.7 Å². The van der Waals surface area contributed by atoms with Gasteiger partial charge in [-0.25, -0.2) is 4.39 Å². The van der Waals surface area contributed by atoms with Crippen LogP contribution in [-0.2, 0) is 17.9 Å². The Hall–Kier alpha value is -4.37. The van der Waals surface area contributed by atoms with Crippen LogP contribution in [0.25, 0.3) is 11.4 Å². The van der Waals surface area contributed by atoms with Gasteiger partial charge in [-0.2, -0.15) is 4.98 Å². The molecule has 1 unspecified atom stereocenters. The summed E-state index contributed by atoms with van der Waals surface area (Å²) in [5.41, 5.74) is 2.57. The van der Waals surface area contributed by atoms with Crippen LogP contribution in [0.2, 0.25) is 0 Å². The molecule has 1 aliphatic rings. The van der Waals surface area contributed by atoms with E-state index < -0.39 is 0 Å². The maximum atomic E-state index is 13.2. The van der Waals surface area contributed by atoms with Gasteiger partial charge in [0.1, 0.15) is 5.82 Å². The minimum atomic E-state index is -0.328. The predicted octanol–water partition coefficient (Wildman–Crippen LogP) is 4.66. The minimum Gasteiger partial charge on any atom is -0.348 e. The molecule has 194 valence electrons. The lowest BCUT2D eigenvalue weighted by Crippen LogP contribution is -2.40. The Morgan fingerprint density at radius 3 is 2.58 bits per heavy atom. The van der Waals surface area contributed by atoms with E-state index in [4.69, 9.17) is 4.52 Å². The zero-order valence-corrected chi connectivity index (χ0v) is 20.8. The number of aromatic nitrogens is 2. The molecule has 2 amide bonds. The summed E-state index contributed by atoms with van der Waals surface area (Å²) in [5.74, 6) is -0.118. The van der Waals surface area contributed by atoms with Crippen molar-refractivity contribution in [3.63, 3.8) is 0 Å². The van der Waals surface area contributed by atoms with E-state index in [0.717, 1.165) is 24.9 Å². The molecule has 1 saturated heterocycles.